The Morgan fingerprint density at radius 2 is 2.33 bits per heavy atom. The number of nitrogens with one attached hydrogen (secondary N) is 1. The van der Waals surface area contributed by atoms with Crippen LogP contribution in [0.15, 0.2) is 0 Å². The van der Waals surface area contributed by atoms with Gasteiger partial charge in [-0.3, -0.25) is 0 Å². The standard InChI is InChI=1S/C12H20N4O2/c1-3-6-18-12-9(13)11(14-2)15-10(16-12)8-5-4-7-17-8/h8H,3-7,13H2,1-2H3,(H,14,15,16). The molecule has 1 atom stereocenters. The zero-order chi connectivity index (χ0) is 13.0. The largest absolute Gasteiger partial charge is 0.476 e. The molecule has 0 saturated carbocycles. The third kappa shape index (κ3) is 2.64. The summed E-state index contributed by atoms with van der Waals surface area (Å²) in [4.78, 5) is 8.77. The van der Waals surface area contributed by atoms with E-state index < -0.39 is 0 Å². The first kappa shape index (κ1) is 12.9. The lowest BCUT2D eigenvalue weighted by molar-refractivity contribution is 0.104. The molecule has 0 spiro atoms. The summed E-state index contributed by atoms with van der Waals surface area (Å²) >= 11 is 0. The van der Waals surface area contributed by atoms with Crippen molar-refractivity contribution >= 4 is 11.5 Å². The highest BCUT2D eigenvalue weighted by Gasteiger charge is 2.23. The van der Waals surface area contributed by atoms with Gasteiger partial charge in [-0.25, -0.2) is 4.98 Å². The molecule has 1 aliphatic rings. The minimum absolute atomic E-state index is 0.0401. The van der Waals surface area contributed by atoms with Gasteiger partial charge in [0.2, 0.25) is 5.88 Å². The fraction of sp³-hybridized carbons (Fsp3) is 0.667. The molecule has 6 nitrogen and oxygen atoms in total. The number of rotatable bonds is 5. The van der Waals surface area contributed by atoms with Crippen molar-refractivity contribution in [1.29, 1.82) is 0 Å². The molecule has 100 valence electrons. The fourth-order valence-corrected chi connectivity index (χ4v) is 1.89. The van der Waals surface area contributed by atoms with Gasteiger partial charge in [-0.15, -0.1) is 0 Å². The van der Waals surface area contributed by atoms with Gasteiger partial charge in [0.15, 0.2) is 11.6 Å². The summed E-state index contributed by atoms with van der Waals surface area (Å²) < 4.78 is 11.1. The second-order valence-corrected chi connectivity index (χ2v) is 4.25. The monoisotopic (exact) mass is 252 g/mol. The van der Waals surface area contributed by atoms with Crippen molar-refractivity contribution in [3.05, 3.63) is 5.82 Å². The lowest BCUT2D eigenvalue weighted by Crippen LogP contribution is -2.11. The van der Waals surface area contributed by atoms with Gasteiger partial charge in [-0.2, -0.15) is 4.98 Å². The van der Waals surface area contributed by atoms with Gasteiger partial charge in [0.25, 0.3) is 0 Å². The van der Waals surface area contributed by atoms with Gasteiger partial charge < -0.3 is 20.5 Å². The SMILES string of the molecule is CCCOc1nc(C2CCCO2)nc(NC)c1N. The van der Waals surface area contributed by atoms with Crippen molar-refractivity contribution in [2.24, 2.45) is 0 Å². The van der Waals surface area contributed by atoms with Crippen LogP contribution in [-0.4, -0.2) is 30.2 Å². The van der Waals surface area contributed by atoms with Crippen LogP contribution in [0.2, 0.25) is 0 Å². The van der Waals surface area contributed by atoms with E-state index in [1.54, 1.807) is 7.05 Å². The number of hydrogen-bond donors (Lipinski definition) is 2. The fourth-order valence-electron chi connectivity index (χ4n) is 1.89. The minimum atomic E-state index is -0.0401. The maximum Gasteiger partial charge on any atom is 0.242 e. The molecule has 0 aliphatic carbocycles. The normalized spacial score (nSPS) is 18.9. The lowest BCUT2D eigenvalue weighted by atomic mass is 10.2. The predicted octanol–water partition coefficient (Wildman–Crippen LogP) is 1.74. The number of nitrogens with zero attached hydrogens (tertiary/aromatic N) is 2. The number of aromatic nitrogens is 2. The topological polar surface area (TPSA) is 82.3 Å². The highest BCUT2D eigenvalue weighted by atomic mass is 16.5. The molecule has 0 bridgehead atoms. The van der Waals surface area contributed by atoms with Crippen molar-refractivity contribution in [2.75, 3.05) is 31.3 Å². The number of anilines is 2. The van der Waals surface area contributed by atoms with Crippen molar-refractivity contribution in [2.45, 2.75) is 32.3 Å². The molecule has 18 heavy (non-hydrogen) atoms. The molecule has 2 rings (SSSR count). The number of ether oxygens (including phenoxy) is 2. The first-order valence-electron chi connectivity index (χ1n) is 6.35. The third-order valence-corrected chi connectivity index (χ3v) is 2.83. The first-order valence-corrected chi connectivity index (χ1v) is 6.35. The van der Waals surface area contributed by atoms with Crippen molar-refractivity contribution in [1.82, 2.24) is 9.97 Å². The quantitative estimate of drug-likeness (QED) is 0.830. The zero-order valence-electron chi connectivity index (χ0n) is 10.9. The van der Waals surface area contributed by atoms with E-state index in [9.17, 15) is 0 Å². The van der Waals surface area contributed by atoms with E-state index in [0.29, 0.717) is 29.8 Å². The lowest BCUT2D eigenvalue weighted by Gasteiger charge is -2.14. The van der Waals surface area contributed by atoms with E-state index >= 15 is 0 Å². The number of hydrogen-bond acceptors (Lipinski definition) is 6. The Hall–Kier alpha value is -1.56. The van der Waals surface area contributed by atoms with Crippen molar-refractivity contribution < 1.29 is 9.47 Å². The summed E-state index contributed by atoms with van der Waals surface area (Å²) in [5.41, 5.74) is 6.40. The van der Waals surface area contributed by atoms with Crippen molar-refractivity contribution in [3.8, 4) is 5.88 Å². The molecular formula is C12H20N4O2. The first-order chi connectivity index (χ1) is 8.76. The molecule has 6 heteroatoms. The van der Waals surface area contributed by atoms with Crippen LogP contribution in [0, 0.1) is 0 Å². The Morgan fingerprint density at radius 1 is 1.50 bits per heavy atom. The predicted molar refractivity (Wildman–Crippen MR) is 69.7 cm³/mol. The van der Waals surface area contributed by atoms with Gasteiger partial charge in [-0.05, 0) is 19.3 Å². The van der Waals surface area contributed by atoms with E-state index in [4.69, 9.17) is 15.2 Å². The summed E-state index contributed by atoms with van der Waals surface area (Å²) in [6, 6.07) is 0. The molecule has 1 aliphatic heterocycles. The molecule has 1 aromatic heterocycles. The third-order valence-electron chi connectivity index (χ3n) is 2.83. The van der Waals surface area contributed by atoms with E-state index in [-0.39, 0.29) is 6.10 Å². The van der Waals surface area contributed by atoms with Gasteiger partial charge in [0.05, 0.1) is 6.61 Å². The second-order valence-electron chi connectivity index (χ2n) is 4.25. The van der Waals surface area contributed by atoms with Crippen LogP contribution in [-0.2, 0) is 4.74 Å². The van der Waals surface area contributed by atoms with Crippen LogP contribution < -0.4 is 15.8 Å². The molecule has 3 N–H and O–H groups in total. The summed E-state index contributed by atoms with van der Waals surface area (Å²) in [6.45, 7) is 3.39. The van der Waals surface area contributed by atoms with Crippen LogP contribution in [0.3, 0.4) is 0 Å². The average molecular weight is 252 g/mol. The molecule has 1 aromatic rings. The van der Waals surface area contributed by atoms with Gasteiger partial charge in [0.1, 0.15) is 11.8 Å². The van der Waals surface area contributed by atoms with Crippen LogP contribution in [0.25, 0.3) is 0 Å². The zero-order valence-corrected chi connectivity index (χ0v) is 10.9. The summed E-state index contributed by atoms with van der Waals surface area (Å²) in [6.07, 6.45) is 2.86. The van der Waals surface area contributed by atoms with E-state index in [0.717, 1.165) is 25.9 Å². The molecule has 1 fully saturated rings. The summed E-state index contributed by atoms with van der Waals surface area (Å²) in [7, 11) is 1.78. The summed E-state index contributed by atoms with van der Waals surface area (Å²) in [5, 5.41) is 2.96. The van der Waals surface area contributed by atoms with Gasteiger partial charge in [-0.1, -0.05) is 6.92 Å². The van der Waals surface area contributed by atoms with E-state index in [2.05, 4.69) is 15.3 Å². The number of nitrogens with two attached hydrogens (primary N) is 1. The highest BCUT2D eigenvalue weighted by Crippen LogP contribution is 2.32. The Bertz CT molecular complexity index is 405. The smallest absolute Gasteiger partial charge is 0.242 e. The Labute approximate surface area is 107 Å². The second kappa shape index (κ2) is 5.86. The van der Waals surface area contributed by atoms with Crippen LogP contribution in [0.1, 0.15) is 38.1 Å². The molecule has 1 saturated heterocycles. The molecule has 0 radical (unpaired) electrons. The van der Waals surface area contributed by atoms with E-state index in [1.807, 2.05) is 6.92 Å². The molecular weight excluding hydrogens is 232 g/mol. The average Bonchev–Trinajstić information content (AvgIpc) is 2.91. The van der Waals surface area contributed by atoms with Crippen LogP contribution in [0.5, 0.6) is 5.88 Å². The molecule has 2 heterocycles. The molecule has 0 amide bonds. The Morgan fingerprint density at radius 3 is 2.94 bits per heavy atom. The van der Waals surface area contributed by atoms with Gasteiger partial charge >= 0.3 is 0 Å². The Balaban J connectivity index is 2.29. The maximum absolute atomic E-state index is 5.95. The van der Waals surface area contributed by atoms with Crippen molar-refractivity contribution in [3.63, 3.8) is 0 Å². The molecule has 1 unspecified atom stereocenters. The number of nitrogen functional groups attached to an aromatic ring is 1. The maximum atomic E-state index is 5.95. The van der Waals surface area contributed by atoms with Crippen LogP contribution >= 0.6 is 0 Å². The summed E-state index contributed by atoms with van der Waals surface area (Å²) in [5.74, 6) is 1.69. The molecule has 0 aromatic carbocycles. The van der Waals surface area contributed by atoms with Crippen LogP contribution in [0.4, 0.5) is 11.5 Å². The van der Waals surface area contributed by atoms with E-state index in [1.165, 1.54) is 0 Å². The van der Waals surface area contributed by atoms with Gasteiger partial charge in [0, 0.05) is 13.7 Å². The Kier molecular flexibility index (Phi) is 4.19. The minimum Gasteiger partial charge on any atom is -0.476 e. The highest BCUT2D eigenvalue weighted by molar-refractivity contribution is 5.66.